The van der Waals surface area contributed by atoms with Crippen molar-refractivity contribution in [3.05, 3.63) is 41.5 Å². The number of rotatable bonds is 2. The third-order valence-corrected chi connectivity index (χ3v) is 2.38. The van der Waals surface area contributed by atoms with E-state index in [2.05, 4.69) is 24.9 Å². The van der Waals surface area contributed by atoms with E-state index in [4.69, 9.17) is 5.73 Å². The van der Waals surface area contributed by atoms with Gasteiger partial charge in [0.25, 0.3) is 5.56 Å². The molecule has 0 unspecified atom stereocenters. The third kappa shape index (κ3) is 3.18. The lowest BCUT2D eigenvalue weighted by molar-refractivity contribution is -0.108. The van der Waals surface area contributed by atoms with Crippen LogP contribution in [0.2, 0.25) is 0 Å². The number of amides is 1. The first kappa shape index (κ1) is 14.1. The quantitative estimate of drug-likeness (QED) is 0.571. The fraction of sp³-hybridized carbons (Fsp3) is 0.0909. The monoisotopic (exact) mass is 288 g/mol. The molecule has 0 saturated carbocycles. The topological polar surface area (TPSA) is 136 Å². The van der Waals surface area contributed by atoms with Crippen molar-refractivity contribution in [2.45, 2.75) is 0 Å². The van der Waals surface area contributed by atoms with Crippen LogP contribution in [0.5, 0.6) is 0 Å². The molecule has 0 atom stereocenters. The van der Waals surface area contributed by atoms with Crippen molar-refractivity contribution in [3.8, 4) is 0 Å². The van der Waals surface area contributed by atoms with E-state index >= 15 is 0 Å². The summed E-state index contributed by atoms with van der Waals surface area (Å²) < 4.78 is 1.33. The predicted octanol–water partition coefficient (Wildman–Crippen LogP) is -1.10. The molecule has 1 amide bonds. The number of fused-ring (bicyclic) bond motifs is 1. The largest absolute Gasteiger partial charge is 0.369 e. The Hall–Kier alpha value is -3.30. The van der Waals surface area contributed by atoms with Crippen molar-refractivity contribution < 1.29 is 4.79 Å². The number of imidazole rings is 1. The molecule has 0 saturated heterocycles. The Morgan fingerprint density at radius 2 is 2.10 bits per heavy atom. The van der Waals surface area contributed by atoms with E-state index in [-0.39, 0.29) is 17.1 Å². The number of nitrogens with one attached hydrogen (secondary N) is 1. The average molecular weight is 288 g/mol. The van der Waals surface area contributed by atoms with Crippen LogP contribution in [0.3, 0.4) is 0 Å². The van der Waals surface area contributed by atoms with Gasteiger partial charge in [-0.15, -0.1) is 0 Å². The van der Waals surface area contributed by atoms with E-state index < -0.39 is 5.56 Å². The van der Waals surface area contributed by atoms with Gasteiger partial charge in [-0.2, -0.15) is 4.98 Å². The highest BCUT2D eigenvalue weighted by Crippen LogP contribution is 2.05. The normalized spacial score (nSPS) is 9.76. The number of nitrogens with two attached hydrogens (primary N) is 1. The molecule has 0 aliphatic carbocycles. The fourth-order valence-corrected chi connectivity index (χ4v) is 1.45. The summed E-state index contributed by atoms with van der Waals surface area (Å²) in [6, 6.07) is 1.78. The maximum absolute atomic E-state index is 11.4. The molecule has 3 aromatic rings. The molecule has 3 heterocycles. The number of carbonyl (C=O) groups excluding carboxylic acids is 1. The molecule has 0 aliphatic heterocycles. The van der Waals surface area contributed by atoms with Gasteiger partial charge in [-0.3, -0.25) is 19.6 Å². The highest BCUT2D eigenvalue weighted by molar-refractivity contribution is 5.73. The first-order valence-corrected chi connectivity index (χ1v) is 5.74. The van der Waals surface area contributed by atoms with Gasteiger partial charge in [-0.05, 0) is 6.07 Å². The molecule has 3 aromatic heterocycles. The molecular weight excluding hydrogens is 276 g/mol. The van der Waals surface area contributed by atoms with Gasteiger partial charge >= 0.3 is 0 Å². The summed E-state index contributed by atoms with van der Waals surface area (Å²) in [7, 11) is 1.51. The Kier molecular flexibility index (Phi) is 4.19. The summed E-state index contributed by atoms with van der Waals surface area (Å²) in [6.45, 7) is 0. The number of nitrogens with zero attached hydrogens (tertiary/aromatic N) is 6. The fourth-order valence-electron chi connectivity index (χ4n) is 1.45. The van der Waals surface area contributed by atoms with E-state index in [1.54, 1.807) is 18.5 Å². The summed E-state index contributed by atoms with van der Waals surface area (Å²) in [4.78, 5) is 39.3. The van der Waals surface area contributed by atoms with Gasteiger partial charge in [-0.25, -0.2) is 19.6 Å². The number of nitrogen functional groups attached to an aromatic ring is 1. The van der Waals surface area contributed by atoms with Gasteiger partial charge in [0, 0.05) is 19.4 Å². The SMILES string of the molecule is CN(C=O)n1cnc2c(=O)[nH]c(N)nc21.c1cncnc1. The second-order valence-electron chi connectivity index (χ2n) is 3.80. The minimum Gasteiger partial charge on any atom is -0.369 e. The second kappa shape index (κ2) is 6.23. The first-order valence-electron chi connectivity index (χ1n) is 5.74. The maximum atomic E-state index is 11.4. The van der Waals surface area contributed by atoms with Crippen molar-refractivity contribution in [1.29, 1.82) is 0 Å². The molecule has 0 radical (unpaired) electrons. The van der Waals surface area contributed by atoms with Crippen molar-refractivity contribution in [1.82, 2.24) is 29.6 Å². The van der Waals surface area contributed by atoms with E-state index in [0.29, 0.717) is 6.41 Å². The Balaban J connectivity index is 0.000000225. The molecular formula is C11H12N8O2. The number of aromatic nitrogens is 6. The molecule has 3 N–H and O–H groups in total. The molecule has 0 fully saturated rings. The van der Waals surface area contributed by atoms with Crippen LogP contribution in [0.25, 0.3) is 11.2 Å². The van der Waals surface area contributed by atoms with Crippen LogP contribution in [-0.2, 0) is 4.79 Å². The maximum Gasteiger partial charge on any atom is 0.280 e. The zero-order valence-corrected chi connectivity index (χ0v) is 11.0. The van der Waals surface area contributed by atoms with Crippen molar-refractivity contribution >= 4 is 23.5 Å². The molecule has 3 rings (SSSR count). The Bertz CT molecular complexity index is 755. The molecule has 108 valence electrons. The van der Waals surface area contributed by atoms with Gasteiger partial charge in [0.1, 0.15) is 12.7 Å². The minimum absolute atomic E-state index is 0.0199. The van der Waals surface area contributed by atoms with Crippen LogP contribution >= 0.6 is 0 Å². The summed E-state index contributed by atoms with van der Waals surface area (Å²) in [6.07, 6.45) is 6.76. The van der Waals surface area contributed by atoms with Crippen LogP contribution in [-0.4, -0.2) is 43.1 Å². The average Bonchev–Trinajstić information content (AvgIpc) is 2.93. The smallest absolute Gasteiger partial charge is 0.280 e. The van der Waals surface area contributed by atoms with Gasteiger partial charge in [0.05, 0.1) is 0 Å². The van der Waals surface area contributed by atoms with Crippen molar-refractivity contribution in [2.24, 2.45) is 0 Å². The number of anilines is 1. The standard InChI is InChI=1S/C7H8N6O2.C4H4N2/c1-12(3-14)13-2-9-4-5(13)10-7(8)11-6(4)15;1-2-5-4-6-3-1/h2-3H,1H3,(H3,8,10,11,15);1-4H. The Labute approximate surface area is 118 Å². The highest BCUT2D eigenvalue weighted by atomic mass is 16.1. The molecule has 0 aliphatic rings. The van der Waals surface area contributed by atoms with Gasteiger partial charge in [0.15, 0.2) is 11.2 Å². The second-order valence-corrected chi connectivity index (χ2v) is 3.80. The lowest BCUT2D eigenvalue weighted by Gasteiger charge is -2.11. The highest BCUT2D eigenvalue weighted by Gasteiger charge is 2.10. The van der Waals surface area contributed by atoms with Gasteiger partial charge in [0.2, 0.25) is 12.4 Å². The number of hydrogen-bond acceptors (Lipinski definition) is 7. The first-order chi connectivity index (χ1) is 10.1. The van der Waals surface area contributed by atoms with Gasteiger partial charge in [-0.1, -0.05) is 0 Å². The lowest BCUT2D eigenvalue weighted by Crippen LogP contribution is -2.28. The van der Waals surface area contributed by atoms with Crippen LogP contribution in [0.1, 0.15) is 0 Å². The van der Waals surface area contributed by atoms with Crippen LogP contribution < -0.4 is 16.3 Å². The third-order valence-electron chi connectivity index (χ3n) is 2.38. The van der Waals surface area contributed by atoms with Crippen molar-refractivity contribution in [3.63, 3.8) is 0 Å². The number of H-pyrrole nitrogens is 1. The molecule has 10 heteroatoms. The number of carbonyl (C=O) groups is 1. The van der Waals surface area contributed by atoms with Crippen LogP contribution in [0, 0.1) is 0 Å². The molecule has 21 heavy (non-hydrogen) atoms. The Morgan fingerprint density at radius 3 is 2.62 bits per heavy atom. The molecule has 0 spiro atoms. The van der Waals surface area contributed by atoms with E-state index in [9.17, 15) is 9.59 Å². The van der Waals surface area contributed by atoms with Gasteiger partial charge < -0.3 is 5.73 Å². The number of aromatic amines is 1. The van der Waals surface area contributed by atoms with E-state index in [0.717, 1.165) is 0 Å². The minimum atomic E-state index is -0.435. The molecule has 0 bridgehead atoms. The van der Waals surface area contributed by atoms with E-state index in [1.807, 2.05) is 0 Å². The lowest BCUT2D eigenvalue weighted by atomic mass is 10.5. The predicted molar refractivity (Wildman–Crippen MR) is 74.8 cm³/mol. The number of hydrogen-bond donors (Lipinski definition) is 2. The summed E-state index contributed by atoms with van der Waals surface area (Å²) in [5.74, 6) is -0.0199. The summed E-state index contributed by atoms with van der Waals surface area (Å²) >= 11 is 0. The van der Waals surface area contributed by atoms with Crippen molar-refractivity contribution in [2.75, 3.05) is 17.8 Å². The zero-order valence-electron chi connectivity index (χ0n) is 11.0. The van der Waals surface area contributed by atoms with Crippen LogP contribution in [0.15, 0.2) is 35.9 Å². The van der Waals surface area contributed by atoms with E-state index in [1.165, 1.54) is 29.4 Å². The molecule has 0 aromatic carbocycles. The Morgan fingerprint density at radius 1 is 1.38 bits per heavy atom. The van der Waals surface area contributed by atoms with Crippen LogP contribution in [0.4, 0.5) is 5.95 Å². The molecule has 10 nitrogen and oxygen atoms in total. The zero-order chi connectivity index (χ0) is 15.2. The summed E-state index contributed by atoms with van der Waals surface area (Å²) in [5, 5.41) is 1.20. The summed E-state index contributed by atoms with van der Waals surface area (Å²) in [5.41, 5.74) is 5.32.